The van der Waals surface area contributed by atoms with Gasteiger partial charge in [-0.05, 0) is 51.6 Å². The summed E-state index contributed by atoms with van der Waals surface area (Å²) in [6.45, 7) is 8.38. The first-order valence-corrected chi connectivity index (χ1v) is 20.9. The van der Waals surface area contributed by atoms with Gasteiger partial charge < -0.3 is 14.4 Å². The molecule has 267 valence electrons. The van der Waals surface area contributed by atoms with E-state index in [4.69, 9.17) is 17.6 Å². The van der Waals surface area contributed by atoms with Crippen LogP contribution in [-0.4, -0.2) is 18.0 Å². The van der Waals surface area contributed by atoms with Crippen LogP contribution in [0.2, 0.25) is 19.6 Å². The van der Waals surface area contributed by atoms with Gasteiger partial charge in [0.15, 0.2) is 0 Å². The zero-order chi connectivity index (χ0) is 41.5. The van der Waals surface area contributed by atoms with Crippen LogP contribution in [-0.2, 0) is 26.5 Å². The Bertz CT molecular complexity index is 2710. The summed E-state index contributed by atoms with van der Waals surface area (Å²) in [6.07, 6.45) is 1.92. The Balaban J connectivity index is 0.000000208. The normalized spacial score (nSPS) is 13.7. The molecule has 0 atom stereocenters. The molecule has 5 heteroatoms. The van der Waals surface area contributed by atoms with Gasteiger partial charge in [-0.2, -0.15) is 0 Å². The topological polar surface area (TPSA) is 38.9 Å². The third-order valence-electron chi connectivity index (χ3n) is 8.98. The van der Waals surface area contributed by atoms with E-state index in [0.717, 1.165) is 49.9 Å². The number of fused-ring (bicyclic) bond motifs is 3. The van der Waals surface area contributed by atoms with E-state index in [2.05, 4.69) is 36.8 Å². The molecule has 0 spiro atoms. The van der Waals surface area contributed by atoms with Crippen LogP contribution >= 0.6 is 0 Å². The number of furan rings is 1. The fourth-order valence-electron chi connectivity index (χ4n) is 6.30. The molecule has 3 aromatic heterocycles. The summed E-state index contributed by atoms with van der Waals surface area (Å²) in [5.74, 6) is -0.716. The zero-order valence-electron chi connectivity index (χ0n) is 36.4. The molecule has 3 heterocycles. The number of hydrogen-bond acceptors (Lipinski definition) is 3. The summed E-state index contributed by atoms with van der Waals surface area (Å²) in [7, 11) is -1.61. The first-order valence-electron chi connectivity index (χ1n) is 20.4. The minimum atomic E-state index is -2.13. The van der Waals surface area contributed by atoms with Gasteiger partial charge in [0.1, 0.15) is 5.58 Å². The third-order valence-corrected chi connectivity index (χ3v) is 11.0. The van der Waals surface area contributed by atoms with E-state index in [1.54, 1.807) is 18.3 Å². The van der Waals surface area contributed by atoms with Crippen molar-refractivity contribution >= 4 is 35.2 Å². The van der Waals surface area contributed by atoms with Crippen LogP contribution in [0.4, 0.5) is 0 Å². The molecule has 8 aromatic rings. The molecule has 0 N–H and O–H groups in total. The van der Waals surface area contributed by atoms with Crippen molar-refractivity contribution in [3.05, 3.63) is 174 Å². The van der Waals surface area contributed by atoms with Gasteiger partial charge in [-0.1, -0.05) is 148 Å². The average molecular weight is 891 g/mol. The molecule has 0 bridgehead atoms. The van der Waals surface area contributed by atoms with Gasteiger partial charge in [0.2, 0.25) is 0 Å². The van der Waals surface area contributed by atoms with Crippen molar-refractivity contribution in [3.63, 3.8) is 0 Å². The van der Waals surface area contributed by atoms with Crippen LogP contribution in [0, 0.1) is 19.0 Å². The summed E-state index contributed by atoms with van der Waals surface area (Å²) in [5.41, 5.74) is 8.40. The number of rotatable bonds is 7. The second-order valence-electron chi connectivity index (χ2n) is 14.0. The maximum Gasteiger partial charge on any atom is 0.120 e. The molecular formula is C48H44IrN2OSi-2. The van der Waals surface area contributed by atoms with Crippen molar-refractivity contribution in [3.8, 4) is 33.6 Å². The maximum atomic E-state index is 9.11. The SMILES string of the molecule is [2H]C([2H])([2H])c1c[c-]c(-c2cc(C([2H])(C)C)c([Si](C)(C)C)cn2)cc1.[2H]C([2H])(c1ccccc1)c1cc(-c2[c-]ccc3c2oc2ccccc23)ncc1-c1ccccc1.[Ir]. The van der Waals surface area contributed by atoms with Gasteiger partial charge in [0.25, 0.3) is 0 Å². The molecule has 8 rings (SSSR count). The number of benzene rings is 5. The van der Waals surface area contributed by atoms with Gasteiger partial charge >= 0.3 is 0 Å². The van der Waals surface area contributed by atoms with Crippen molar-refractivity contribution in [1.82, 2.24) is 9.97 Å². The maximum absolute atomic E-state index is 9.11. The van der Waals surface area contributed by atoms with Crippen molar-refractivity contribution in [2.24, 2.45) is 0 Å². The van der Waals surface area contributed by atoms with Crippen molar-refractivity contribution in [2.75, 3.05) is 0 Å². The number of hydrogen-bond donors (Lipinski definition) is 0. The van der Waals surface area contributed by atoms with Crippen LogP contribution in [0.1, 0.15) is 50.2 Å². The molecule has 3 nitrogen and oxygen atoms in total. The number of aryl methyl sites for hydroxylation is 1. The Morgan fingerprint density at radius 1 is 0.792 bits per heavy atom. The van der Waals surface area contributed by atoms with E-state index in [-0.39, 0.29) is 25.7 Å². The third kappa shape index (κ3) is 8.50. The summed E-state index contributed by atoms with van der Waals surface area (Å²) in [5, 5.41) is 3.21. The minimum absolute atomic E-state index is 0. The number of para-hydroxylation sites is 1. The molecule has 0 aliphatic carbocycles. The van der Waals surface area contributed by atoms with Crippen LogP contribution in [0.25, 0.3) is 55.6 Å². The molecular weight excluding hydrogens is 841 g/mol. The van der Waals surface area contributed by atoms with E-state index >= 15 is 0 Å². The first kappa shape index (κ1) is 30.5. The fourth-order valence-corrected chi connectivity index (χ4v) is 7.88. The van der Waals surface area contributed by atoms with Gasteiger partial charge in [0, 0.05) is 51.7 Å². The summed E-state index contributed by atoms with van der Waals surface area (Å²) >= 11 is 0. The predicted octanol–water partition coefficient (Wildman–Crippen LogP) is 12.2. The van der Waals surface area contributed by atoms with Gasteiger partial charge in [0.05, 0.1) is 13.7 Å². The largest absolute Gasteiger partial charge is 0.501 e. The van der Waals surface area contributed by atoms with Gasteiger partial charge in [-0.3, -0.25) is 0 Å². The molecule has 0 fully saturated rings. The molecule has 0 saturated carbocycles. The van der Waals surface area contributed by atoms with Crippen LogP contribution in [0.3, 0.4) is 0 Å². The van der Waals surface area contributed by atoms with E-state index in [0.29, 0.717) is 22.4 Å². The zero-order valence-corrected chi connectivity index (χ0v) is 33.8. The molecule has 5 aromatic carbocycles. The molecule has 0 saturated heterocycles. The van der Waals surface area contributed by atoms with Gasteiger partial charge in [-0.25, -0.2) is 0 Å². The fraction of sp³-hybridized carbons (Fsp3) is 0.167. The van der Waals surface area contributed by atoms with E-state index < -0.39 is 27.2 Å². The Hall–Kier alpha value is -4.93. The Labute approximate surface area is 337 Å². The molecule has 0 amide bonds. The van der Waals surface area contributed by atoms with Gasteiger partial charge in [-0.15, -0.1) is 53.6 Å². The van der Waals surface area contributed by atoms with E-state index in [1.807, 2.05) is 129 Å². The monoisotopic (exact) mass is 891 g/mol. The number of pyridine rings is 2. The summed E-state index contributed by atoms with van der Waals surface area (Å²) < 4.78 is 55.2. The molecule has 0 aliphatic rings. The molecule has 1 radical (unpaired) electrons. The number of aromatic nitrogens is 2. The van der Waals surface area contributed by atoms with Crippen molar-refractivity contribution < 1.29 is 32.7 Å². The van der Waals surface area contributed by atoms with E-state index in [9.17, 15) is 0 Å². The Kier molecular flexibility index (Phi) is 9.44. The quantitative estimate of drug-likeness (QED) is 0.118. The smallest absolute Gasteiger partial charge is 0.120 e. The first-order chi connectivity index (χ1) is 27.4. The molecule has 0 unspecified atom stereocenters. The van der Waals surface area contributed by atoms with Crippen molar-refractivity contribution in [1.29, 1.82) is 0 Å². The second kappa shape index (κ2) is 16.4. The van der Waals surface area contributed by atoms with Crippen LogP contribution in [0.5, 0.6) is 0 Å². The van der Waals surface area contributed by atoms with Crippen LogP contribution < -0.4 is 5.19 Å². The van der Waals surface area contributed by atoms with Crippen molar-refractivity contribution in [2.45, 2.75) is 52.6 Å². The number of nitrogens with zero attached hydrogens (tertiary/aromatic N) is 2. The van der Waals surface area contributed by atoms with E-state index in [1.165, 1.54) is 11.3 Å². The van der Waals surface area contributed by atoms with Crippen LogP contribution in [0.15, 0.2) is 144 Å². The second-order valence-corrected chi connectivity index (χ2v) is 19.1. The Morgan fingerprint density at radius 2 is 1.51 bits per heavy atom. The summed E-state index contributed by atoms with van der Waals surface area (Å²) in [6, 6.07) is 45.8. The standard InChI is InChI=1S/C30H20NO.C18H24NSi.Ir/c1-3-10-21(11-4-1)18-23-19-28(31-20-27(23)22-12-5-2-6-13-22)26-16-9-15-25-24-14-7-8-17-29(24)32-30(25)26;1-13(2)16-11-17(15-9-7-14(3)8-10-15)19-12-18(16)20(4,5)6;/h1-15,17,19-20H,18H2;7-9,11-13H,1-6H3;/q2*-1;/i18D2;3D3,13D;. The average Bonchev–Trinajstić information content (AvgIpc) is 3.59. The minimum Gasteiger partial charge on any atom is -0.501 e. The predicted molar refractivity (Wildman–Crippen MR) is 221 cm³/mol. The molecule has 53 heavy (non-hydrogen) atoms. The Morgan fingerprint density at radius 3 is 2.21 bits per heavy atom. The summed E-state index contributed by atoms with van der Waals surface area (Å²) in [4.78, 5) is 9.32. The molecule has 0 aliphatic heterocycles.